The van der Waals surface area contributed by atoms with Crippen LogP contribution in [-0.4, -0.2) is 27.7 Å². The van der Waals surface area contributed by atoms with Gasteiger partial charge < -0.3 is 10.5 Å². The van der Waals surface area contributed by atoms with Gasteiger partial charge in [0.2, 0.25) is 10.0 Å². The van der Waals surface area contributed by atoms with Gasteiger partial charge in [0.15, 0.2) is 0 Å². The molecule has 1 aromatic carbocycles. The number of halogens is 1. The van der Waals surface area contributed by atoms with Gasteiger partial charge in [-0.1, -0.05) is 0 Å². The van der Waals surface area contributed by atoms with E-state index in [4.69, 9.17) is 10.5 Å². The minimum Gasteiger partial charge on any atom is -0.396 e. The molecule has 2 rings (SSSR count). The van der Waals surface area contributed by atoms with Crippen LogP contribution in [0.5, 0.6) is 0 Å². The Balaban J connectivity index is 2.12. The van der Waals surface area contributed by atoms with Crippen molar-refractivity contribution in [2.24, 2.45) is 0 Å². The summed E-state index contributed by atoms with van der Waals surface area (Å²) < 4.78 is 45.2. The van der Waals surface area contributed by atoms with Crippen LogP contribution in [-0.2, 0) is 14.8 Å². The van der Waals surface area contributed by atoms with Crippen molar-refractivity contribution in [2.45, 2.75) is 36.3 Å². The van der Waals surface area contributed by atoms with Crippen LogP contribution in [0.3, 0.4) is 0 Å². The molecule has 7 heteroatoms. The Kier molecular flexibility index (Phi) is 4.07. The number of hydrogen-bond acceptors (Lipinski definition) is 4. The van der Waals surface area contributed by atoms with Gasteiger partial charge in [0.1, 0.15) is 5.82 Å². The van der Waals surface area contributed by atoms with E-state index in [0.717, 1.165) is 18.9 Å². The zero-order chi connectivity index (χ0) is 14.0. The van der Waals surface area contributed by atoms with Crippen molar-refractivity contribution < 1.29 is 17.5 Å². The van der Waals surface area contributed by atoms with Gasteiger partial charge in [0, 0.05) is 13.2 Å². The molecule has 0 amide bonds. The fourth-order valence-electron chi connectivity index (χ4n) is 2.22. The number of nitrogens with one attached hydrogen (secondary N) is 1. The third-order valence-electron chi connectivity index (χ3n) is 3.32. The minimum absolute atomic E-state index is 0.0701. The third kappa shape index (κ3) is 3.23. The standard InChI is InChI=1S/C12H17FN2O3S/c1-18-9-3-2-8(6-9)15-19(16,17)10-4-5-12(14)11(13)7-10/h4-5,7-9,15H,2-3,6,14H2,1H3. The van der Waals surface area contributed by atoms with E-state index >= 15 is 0 Å². The largest absolute Gasteiger partial charge is 0.396 e. The van der Waals surface area contributed by atoms with Gasteiger partial charge >= 0.3 is 0 Å². The van der Waals surface area contributed by atoms with E-state index in [1.165, 1.54) is 12.1 Å². The van der Waals surface area contributed by atoms with E-state index in [1.807, 2.05) is 0 Å². The molecule has 1 saturated carbocycles. The summed E-state index contributed by atoms with van der Waals surface area (Å²) in [4.78, 5) is -0.111. The predicted molar refractivity (Wildman–Crippen MR) is 69.6 cm³/mol. The van der Waals surface area contributed by atoms with E-state index in [-0.39, 0.29) is 22.7 Å². The van der Waals surface area contributed by atoms with Crippen LogP contribution in [0.2, 0.25) is 0 Å². The Labute approximate surface area is 112 Å². The van der Waals surface area contributed by atoms with Crippen molar-refractivity contribution in [3.05, 3.63) is 24.0 Å². The molecular weight excluding hydrogens is 271 g/mol. The maximum atomic E-state index is 13.3. The zero-order valence-corrected chi connectivity index (χ0v) is 11.4. The van der Waals surface area contributed by atoms with Gasteiger partial charge in [-0.15, -0.1) is 0 Å². The lowest BCUT2D eigenvalue weighted by molar-refractivity contribution is 0.107. The van der Waals surface area contributed by atoms with Crippen molar-refractivity contribution in [1.82, 2.24) is 4.72 Å². The lowest BCUT2D eigenvalue weighted by Crippen LogP contribution is -2.33. The molecule has 2 unspecified atom stereocenters. The number of nitrogen functional groups attached to an aromatic ring is 1. The van der Waals surface area contributed by atoms with Crippen LogP contribution in [0.4, 0.5) is 10.1 Å². The van der Waals surface area contributed by atoms with Crippen LogP contribution in [0.15, 0.2) is 23.1 Å². The van der Waals surface area contributed by atoms with E-state index in [0.29, 0.717) is 6.42 Å². The number of rotatable bonds is 4. The van der Waals surface area contributed by atoms with Gasteiger partial charge in [-0.05, 0) is 37.5 Å². The van der Waals surface area contributed by atoms with Crippen LogP contribution in [0.25, 0.3) is 0 Å². The monoisotopic (exact) mass is 288 g/mol. The van der Waals surface area contributed by atoms with E-state index in [2.05, 4.69) is 4.72 Å². The Bertz CT molecular complexity index is 562. The SMILES string of the molecule is COC1CCC(NS(=O)(=O)c2ccc(N)c(F)c2)C1. The van der Waals surface area contributed by atoms with Crippen molar-refractivity contribution in [1.29, 1.82) is 0 Å². The van der Waals surface area contributed by atoms with Gasteiger partial charge in [-0.2, -0.15) is 0 Å². The van der Waals surface area contributed by atoms with Crippen LogP contribution >= 0.6 is 0 Å². The highest BCUT2D eigenvalue weighted by atomic mass is 32.2. The molecule has 1 aliphatic carbocycles. The molecule has 19 heavy (non-hydrogen) atoms. The molecule has 0 spiro atoms. The van der Waals surface area contributed by atoms with E-state index in [9.17, 15) is 12.8 Å². The molecule has 0 heterocycles. The first-order valence-electron chi connectivity index (χ1n) is 6.02. The predicted octanol–water partition coefficient (Wildman–Crippen LogP) is 1.25. The van der Waals surface area contributed by atoms with E-state index < -0.39 is 15.8 Å². The average molecular weight is 288 g/mol. The molecule has 106 valence electrons. The Morgan fingerprint density at radius 1 is 1.42 bits per heavy atom. The Morgan fingerprint density at radius 3 is 2.74 bits per heavy atom. The van der Waals surface area contributed by atoms with E-state index in [1.54, 1.807) is 7.11 Å². The summed E-state index contributed by atoms with van der Waals surface area (Å²) in [6, 6.07) is 3.30. The molecule has 0 saturated heterocycles. The highest BCUT2D eigenvalue weighted by Gasteiger charge is 2.28. The number of nitrogens with two attached hydrogens (primary N) is 1. The van der Waals surface area contributed by atoms with Crippen LogP contribution in [0, 0.1) is 5.82 Å². The first-order valence-corrected chi connectivity index (χ1v) is 7.51. The molecule has 1 aliphatic rings. The Morgan fingerprint density at radius 2 is 2.16 bits per heavy atom. The highest BCUT2D eigenvalue weighted by molar-refractivity contribution is 7.89. The number of anilines is 1. The summed E-state index contributed by atoms with van der Waals surface area (Å²) in [6.07, 6.45) is 2.25. The molecule has 0 bridgehead atoms. The fourth-order valence-corrected chi connectivity index (χ4v) is 3.52. The smallest absolute Gasteiger partial charge is 0.240 e. The van der Waals surface area contributed by atoms with Gasteiger partial charge in [0.25, 0.3) is 0 Å². The normalized spacial score (nSPS) is 23.7. The topological polar surface area (TPSA) is 81.4 Å². The molecule has 3 N–H and O–H groups in total. The number of ether oxygens (including phenoxy) is 1. The lowest BCUT2D eigenvalue weighted by atomic mass is 10.3. The molecule has 0 radical (unpaired) electrons. The summed E-state index contributed by atoms with van der Waals surface area (Å²) >= 11 is 0. The molecule has 5 nitrogen and oxygen atoms in total. The summed E-state index contributed by atoms with van der Waals surface area (Å²) in [5, 5.41) is 0. The molecule has 0 aliphatic heterocycles. The number of methoxy groups -OCH3 is 1. The molecule has 1 fully saturated rings. The van der Waals surface area contributed by atoms with Crippen molar-refractivity contribution in [2.75, 3.05) is 12.8 Å². The van der Waals surface area contributed by atoms with Gasteiger partial charge in [0.05, 0.1) is 16.7 Å². The molecule has 1 aromatic rings. The number of sulfonamides is 1. The quantitative estimate of drug-likeness (QED) is 0.817. The Hall–Kier alpha value is -1.18. The molecule has 0 aromatic heterocycles. The van der Waals surface area contributed by atoms with Gasteiger partial charge in [-0.3, -0.25) is 0 Å². The summed E-state index contributed by atoms with van der Waals surface area (Å²) in [7, 11) is -2.11. The summed E-state index contributed by atoms with van der Waals surface area (Å²) in [5.74, 6) is -0.732. The van der Waals surface area contributed by atoms with Crippen molar-refractivity contribution >= 4 is 15.7 Å². The average Bonchev–Trinajstić information content (AvgIpc) is 2.79. The maximum Gasteiger partial charge on any atom is 0.240 e. The highest BCUT2D eigenvalue weighted by Crippen LogP contribution is 2.24. The maximum absolute atomic E-state index is 13.3. The summed E-state index contributed by atoms with van der Waals surface area (Å²) in [6.45, 7) is 0. The van der Waals surface area contributed by atoms with Gasteiger partial charge in [-0.25, -0.2) is 17.5 Å². The second-order valence-electron chi connectivity index (χ2n) is 4.67. The van der Waals surface area contributed by atoms with Crippen LogP contribution in [0.1, 0.15) is 19.3 Å². The van der Waals surface area contributed by atoms with Crippen molar-refractivity contribution in [3.63, 3.8) is 0 Å². The fraction of sp³-hybridized carbons (Fsp3) is 0.500. The number of hydrogen-bond donors (Lipinski definition) is 2. The molecular formula is C12H17FN2O3S. The third-order valence-corrected chi connectivity index (χ3v) is 4.84. The first kappa shape index (κ1) is 14.2. The zero-order valence-electron chi connectivity index (χ0n) is 10.6. The minimum atomic E-state index is -3.72. The number of benzene rings is 1. The second kappa shape index (κ2) is 5.44. The summed E-state index contributed by atoms with van der Waals surface area (Å²) in [5.41, 5.74) is 5.25. The second-order valence-corrected chi connectivity index (χ2v) is 6.39. The first-order chi connectivity index (χ1) is 8.92. The molecule has 2 atom stereocenters. The lowest BCUT2D eigenvalue weighted by Gasteiger charge is -2.13. The van der Waals surface area contributed by atoms with Crippen LogP contribution < -0.4 is 10.5 Å². The van der Waals surface area contributed by atoms with Crippen molar-refractivity contribution in [3.8, 4) is 0 Å².